The second kappa shape index (κ2) is 8.91. The number of carbonyl (C=O) groups is 1. The zero-order valence-corrected chi connectivity index (χ0v) is 15.4. The van der Waals surface area contributed by atoms with E-state index in [1.54, 1.807) is 4.90 Å². The van der Waals surface area contributed by atoms with E-state index in [4.69, 9.17) is 4.74 Å². The van der Waals surface area contributed by atoms with Crippen LogP contribution in [0.25, 0.3) is 0 Å². The van der Waals surface area contributed by atoms with E-state index in [-0.39, 0.29) is 12.1 Å². The number of hydrogen-bond acceptors (Lipinski definition) is 4. The molecule has 0 bridgehead atoms. The van der Waals surface area contributed by atoms with Crippen molar-refractivity contribution in [3.05, 3.63) is 18.2 Å². The van der Waals surface area contributed by atoms with Gasteiger partial charge in [-0.15, -0.1) is 0 Å². The molecule has 1 N–H and O–H groups in total. The number of amides is 1. The molecule has 23 heavy (non-hydrogen) atoms. The molecule has 132 valence electrons. The Labute approximate surface area is 140 Å². The predicted octanol–water partition coefficient (Wildman–Crippen LogP) is 3.03. The zero-order chi connectivity index (χ0) is 17.5. The fraction of sp³-hybridized carbons (Fsp3) is 0.765. The van der Waals surface area contributed by atoms with Crippen molar-refractivity contribution < 1.29 is 9.53 Å². The van der Waals surface area contributed by atoms with Crippen molar-refractivity contribution >= 4 is 6.09 Å². The van der Waals surface area contributed by atoms with Gasteiger partial charge in [0.05, 0.1) is 6.54 Å². The first-order chi connectivity index (χ1) is 10.7. The van der Waals surface area contributed by atoms with E-state index in [0.717, 1.165) is 18.8 Å². The van der Waals surface area contributed by atoms with Gasteiger partial charge in [0.15, 0.2) is 0 Å². The fourth-order valence-corrected chi connectivity index (χ4v) is 2.23. The molecule has 1 aromatic heterocycles. The first-order valence-corrected chi connectivity index (χ1v) is 8.45. The second-order valence-electron chi connectivity index (χ2n) is 6.98. The molecule has 1 heterocycles. The predicted molar refractivity (Wildman–Crippen MR) is 92.3 cm³/mol. The van der Waals surface area contributed by atoms with Gasteiger partial charge in [0.2, 0.25) is 0 Å². The Balaban J connectivity index is 2.44. The average Bonchev–Trinajstić information content (AvgIpc) is 2.84. The van der Waals surface area contributed by atoms with Crippen LogP contribution in [0.3, 0.4) is 0 Å². The summed E-state index contributed by atoms with van der Waals surface area (Å²) in [5.74, 6) is 1.03. The smallest absolute Gasteiger partial charge is 0.410 e. The van der Waals surface area contributed by atoms with E-state index < -0.39 is 5.60 Å². The van der Waals surface area contributed by atoms with Crippen molar-refractivity contribution in [3.8, 4) is 0 Å². The molecule has 0 saturated carbocycles. The standard InChI is InChI=1S/C17H32N4O2/c1-7-10-20-11-9-19-15(20)13-18-8-12-21(14(2)3)16(22)23-17(4,5)6/h9,11,14,18H,7-8,10,12-13H2,1-6H3. The van der Waals surface area contributed by atoms with Crippen LogP contribution in [-0.4, -0.2) is 45.3 Å². The monoisotopic (exact) mass is 324 g/mol. The van der Waals surface area contributed by atoms with E-state index in [1.807, 2.05) is 47.0 Å². The molecule has 6 nitrogen and oxygen atoms in total. The van der Waals surface area contributed by atoms with Crippen LogP contribution in [-0.2, 0) is 17.8 Å². The molecule has 0 aliphatic rings. The molecule has 0 aliphatic carbocycles. The zero-order valence-electron chi connectivity index (χ0n) is 15.4. The molecular formula is C17H32N4O2. The van der Waals surface area contributed by atoms with E-state index in [2.05, 4.69) is 21.8 Å². The van der Waals surface area contributed by atoms with Crippen molar-refractivity contribution in [2.45, 2.75) is 72.7 Å². The van der Waals surface area contributed by atoms with Gasteiger partial charge >= 0.3 is 6.09 Å². The van der Waals surface area contributed by atoms with Gasteiger partial charge in [0.1, 0.15) is 11.4 Å². The third-order valence-corrected chi connectivity index (χ3v) is 3.33. The van der Waals surface area contributed by atoms with Gasteiger partial charge in [-0.2, -0.15) is 0 Å². The minimum absolute atomic E-state index is 0.105. The SMILES string of the molecule is CCCn1ccnc1CNCCN(C(=O)OC(C)(C)C)C(C)C. The van der Waals surface area contributed by atoms with Crippen molar-refractivity contribution in [3.63, 3.8) is 0 Å². The number of aryl methyl sites for hydroxylation is 1. The third-order valence-electron chi connectivity index (χ3n) is 3.33. The Morgan fingerprint density at radius 1 is 1.43 bits per heavy atom. The molecule has 0 aromatic carbocycles. The number of carbonyl (C=O) groups excluding carboxylic acids is 1. The van der Waals surface area contributed by atoms with Crippen LogP contribution < -0.4 is 5.32 Å². The van der Waals surface area contributed by atoms with Crippen molar-refractivity contribution in [1.29, 1.82) is 0 Å². The lowest BCUT2D eigenvalue weighted by Gasteiger charge is -2.30. The van der Waals surface area contributed by atoms with E-state index in [9.17, 15) is 4.79 Å². The number of ether oxygens (including phenoxy) is 1. The van der Waals surface area contributed by atoms with Gasteiger partial charge in [-0.05, 0) is 41.0 Å². The molecule has 0 saturated heterocycles. The van der Waals surface area contributed by atoms with E-state index in [1.165, 1.54) is 0 Å². The van der Waals surface area contributed by atoms with Crippen LogP contribution in [0.2, 0.25) is 0 Å². The lowest BCUT2D eigenvalue weighted by Crippen LogP contribution is -2.44. The van der Waals surface area contributed by atoms with Gasteiger partial charge in [-0.3, -0.25) is 0 Å². The topological polar surface area (TPSA) is 59.4 Å². The largest absolute Gasteiger partial charge is 0.444 e. The lowest BCUT2D eigenvalue weighted by atomic mass is 10.2. The molecule has 0 spiro atoms. The van der Waals surface area contributed by atoms with Crippen molar-refractivity contribution in [2.75, 3.05) is 13.1 Å². The van der Waals surface area contributed by atoms with Crippen LogP contribution in [0.15, 0.2) is 12.4 Å². The summed E-state index contributed by atoms with van der Waals surface area (Å²) < 4.78 is 7.61. The van der Waals surface area contributed by atoms with Crippen LogP contribution >= 0.6 is 0 Å². The maximum absolute atomic E-state index is 12.2. The number of hydrogen-bond donors (Lipinski definition) is 1. The van der Waals surface area contributed by atoms with Crippen LogP contribution in [0.5, 0.6) is 0 Å². The van der Waals surface area contributed by atoms with E-state index >= 15 is 0 Å². The first-order valence-electron chi connectivity index (χ1n) is 8.45. The third kappa shape index (κ3) is 7.03. The lowest BCUT2D eigenvalue weighted by molar-refractivity contribution is 0.0193. The van der Waals surface area contributed by atoms with Crippen LogP contribution in [0.4, 0.5) is 4.79 Å². The summed E-state index contributed by atoms with van der Waals surface area (Å²) in [5.41, 5.74) is -0.470. The highest BCUT2D eigenvalue weighted by molar-refractivity contribution is 5.68. The normalized spacial score (nSPS) is 11.8. The van der Waals surface area contributed by atoms with Gasteiger partial charge in [0.25, 0.3) is 0 Å². The number of rotatable bonds is 8. The van der Waals surface area contributed by atoms with E-state index in [0.29, 0.717) is 19.6 Å². The van der Waals surface area contributed by atoms with Gasteiger partial charge in [-0.25, -0.2) is 9.78 Å². The van der Waals surface area contributed by atoms with Crippen LogP contribution in [0, 0.1) is 0 Å². The summed E-state index contributed by atoms with van der Waals surface area (Å²) in [6.45, 7) is 14.8. The minimum atomic E-state index is -0.470. The van der Waals surface area contributed by atoms with Gasteiger partial charge < -0.3 is 19.5 Å². The molecule has 0 fully saturated rings. The minimum Gasteiger partial charge on any atom is -0.444 e. The molecule has 0 aliphatic heterocycles. The summed E-state index contributed by atoms with van der Waals surface area (Å²) in [6, 6.07) is 0.105. The Bertz CT molecular complexity index is 477. The summed E-state index contributed by atoms with van der Waals surface area (Å²) in [7, 11) is 0. The van der Waals surface area contributed by atoms with Crippen LogP contribution in [0.1, 0.15) is 53.8 Å². The summed E-state index contributed by atoms with van der Waals surface area (Å²) in [4.78, 5) is 18.3. The Morgan fingerprint density at radius 2 is 2.13 bits per heavy atom. The fourth-order valence-electron chi connectivity index (χ4n) is 2.23. The molecule has 0 unspecified atom stereocenters. The first kappa shape index (κ1) is 19.5. The molecule has 0 atom stereocenters. The Hall–Kier alpha value is -1.56. The highest BCUT2D eigenvalue weighted by Crippen LogP contribution is 2.11. The van der Waals surface area contributed by atoms with Crippen molar-refractivity contribution in [2.24, 2.45) is 0 Å². The molecular weight excluding hydrogens is 292 g/mol. The average molecular weight is 324 g/mol. The highest BCUT2D eigenvalue weighted by Gasteiger charge is 2.23. The number of nitrogens with one attached hydrogen (secondary N) is 1. The second-order valence-corrected chi connectivity index (χ2v) is 6.98. The summed E-state index contributed by atoms with van der Waals surface area (Å²) in [6.07, 6.45) is 4.65. The summed E-state index contributed by atoms with van der Waals surface area (Å²) >= 11 is 0. The maximum atomic E-state index is 12.2. The quantitative estimate of drug-likeness (QED) is 0.747. The Kier molecular flexibility index (Phi) is 7.55. The Morgan fingerprint density at radius 3 is 2.70 bits per heavy atom. The number of nitrogens with zero attached hydrogens (tertiary/aromatic N) is 3. The molecule has 1 rings (SSSR count). The number of imidazole rings is 1. The summed E-state index contributed by atoms with van der Waals surface area (Å²) in [5, 5.41) is 3.36. The van der Waals surface area contributed by atoms with Crippen molar-refractivity contribution in [1.82, 2.24) is 19.8 Å². The number of aromatic nitrogens is 2. The maximum Gasteiger partial charge on any atom is 0.410 e. The van der Waals surface area contributed by atoms with Gasteiger partial charge in [-0.1, -0.05) is 6.92 Å². The molecule has 1 aromatic rings. The molecule has 0 radical (unpaired) electrons. The van der Waals surface area contributed by atoms with Gasteiger partial charge in [0, 0.05) is 38.1 Å². The highest BCUT2D eigenvalue weighted by atomic mass is 16.6. The molecule has 6 heteroatoms. The molecule has 1 amide bonds.